The molecule has 1 aliphatic rings. The Kier molecular flexibility index (Phi) is 6.46. The van der Waals surface area contributed by atoms with Gasteiger partial charge >= 0.3 is 0 Å². The molecule has 1 saturated carbocycles. The highest BCUT2D eigenvalue weighted by Gasteiger charge is 2.17. The summed E-state index contributed by atoms with van der Waals surface area (Å²) in [6.07, 6.45) is 6.08. The van der Waals surface area contributed by atoms with Crippen molar-refractivity contribution in [2.45, 2.75) is 46.0 Å². The van der Waals surface area contributed by atoms with Gasteiger partial charge in [0.2, 0.25) is 5.91 Å². The zero-order valence-corrected chi connectivity index (χ0v) is 10.7. The van der Waals surface area contributed by atoms with Gasteiger partial charge in [-0.15, -0.1) is 0 Å². The molecule has 1 rings (SSSR count). The highest BCUT2D eigenvalue weighted by molar-refractivity contribution is 5.75. The van der Waals surface area contributed by atoms with Gasteiger partial charge in [0, 0.05) is 19.5 Å². The molecule has 1 aliphatic carbocycles. The Morgan fingerprint density at radius 2 is 1.94 bits per heavy atom. The quantitative estimate of drug-likeness (QED) is 0.679. The van der Waals surface area contributed by atoms with Crippen LogP contribution in [0, 0.1) is 11.8 Å². The minimum Gasteiger partial charge on any atom is -0.356 e. The highest BCUT2D eigenvalue weighted by Crippen LogP contribution is 2.27. The van der Waals surface area contributed by atoms with Crippen LogP contribution < -0.4 is 10.6 Å². The van der Waals surface area contributed by atoms with E-state index in [4.69, 9.17) is 0 Å². The molecule has 1 amide bonds. The van der Waals surface area contributed by atoms with E-state index in [9.17, 15) is 4.79 Å². The average molecular weight is 226 g/mol. The minimum atomic E-state index is 0.160. The molecule has 0 aromatic carbocycles. The second-order valence-corrected chi connectivity index (χ2v) is 5.03. The number of carbonyl (C=O) groups excluding carboxylic acids is 1. The van der Waals surface area contributed by atoms with Crippen molar-refractivity contribution in [1.82, 2.24) is 10.6 Å². The van der Waals surface area contributed by atoms with Crippen molar-refractivity contribution in [3.63, 3.8) is 0 Å². The van der Waals surface area contributed by atoms with E-state index in [0.717, 1.165) is 31.5 Å². The van der Waals surface area contributed by atoms with Gasteiger partial charge in [0.1, 0.15) is 0 Å². The molecule has 3 heteroatoms. The van der Waals surface area contributed by atoms with Gasteiger partial charge < -0.3 is 10.6 Å². The molecule has 94 valence electrons. The van der Waals surface area contributed by atoms with Gasteiger partial charge in [-0.2, -0.15) is 0 Å². The van der Waals surface area contributed by atoms with Crippen molar-refractivity contribution in [2.24, 2.45) is 11.8 Å². The van der Waals surface area contributed by atoms with E-state index in [1.54, 1.807) is 0 Å². The fourth-order valence-corrected chi connectivity index (χ4v) is 2.33. The van der Waals surface area contributed by atoms with E-state index in [0.29, 0.717) is 6.42 Å². The maximum atomic E-state index is 11.2. The molecular formula is C13H26N2O. The second-order valence-electron chi connectivity index (χ2n) is 5.03. The van der Waals surface area contributed by atoms with Gasteiger partial charge in [-0.25, -0.2) is 0 Å². The number of nitrogens with one attached hydrogen (secondary N) is 2. The van der Waals surface area contributed by atoms with E-state index in [1.165, 1.54) is 25.7 Å². The van der Waals surface area contributed by atoms with Crippen LogP contribution in [-0.2, 0) is 4.79 Å². The molecule has 0 aromatic heterocycles. The Labute approximate surface area is 99.4 Å². The summed E-state index contributed by atoms with van der Waals surface area (Å²) in [5, 5.41) is 6.21. The van der Waals surface area contributed by atoms with Crippen LogP contribution in [-0.4, -0.2) is 25.5 Å². The number of amides is 1. The molecule has 0 radical (unpaired) electrons. The standard InChI is InChI=1S/C13H26N2O/c1-3-15-13(16)8-9-14-10-12-6-4-11(2)5-7-12/h11-12,14H,3-10H2,1-2H3,(H,15,16). The molecular weight excluding hydrogens is 200 g/mol. The summed E-state index contributed by atoms with van der Waals surface area (Å²) >= 11 is 0. The molecule has 16 heavy (non-hydrogen) atoms. The Morgan fingerprint density at radius 3 is 2.56 bits per heavy atom. The SMILES string of the molecule is CCNC(=O)CCNCC1CCC(C)CC1. The Hall–Kier alpha value is -0.570. The Bertz CT molecular complexity index is 198. The van der Waals surface area contributed by atoms with E-state index >= 15 is 0 Å². The highest BCUT2D eigenvalue weighted by atomic mass is 16.1. The van der Waals surface area contributed by atoms with Crippen LogP contribution in [0.2, 0.25) is 0 Å². The summed E-state index contributed by atoms with van der Waals surface area (Å²) in [5.74, 6) is 1.92. The zero-order valence-electron chi connectivity index (χ0n) is 10.7. The molecule has 3 nitrogen and oxygen atoms in total. The van der Waals surface area contributed by atoms with Crippen LogP contribution in [0.3, 0.4) is 0 Å². The van der Waals surface area contributed by atoms with E-state index in [1.807, 2.05) is 6.92 Å². The van der Waals surface area contributed by atoms with Gasteiger partial charge in [0.25, 0.3) is 0 Å². The molecule has 1 fully saturated rings. The summed E-state index contributed by atoms with van der Waals surface area (Å²) in [7, 11) is 0. The first-order chi connectivity index (χ1) is 7.72. The van der Waals surface area contributed by atoms with Crippen LogP contribution in [0.25, 0.3) is 0 Å². The molecule has 2 N–H and O–H groups in total. The third-order valence-electron chi connectivity index (χ3n) is 3.47. The van der Waals surface area contributed by atoms with Crippen molar-refractivity contribution in [2.75, 3.05) is 19.6 Å². The summed E-state index contributed by atoms with van der Waals surface area (Å²) in [5.41, 5.74) is 0. The van der Waals surface area contributed by atoms with Crippen molar-refractivity contribution < 1.29 is 4.79 Å². The third kappa shape index (κ3) is 5.50. The normalized spacial score (nSPS) is 25.4. The van der Waals surface area contributed by atoms with Crippen molar-refractivity contribution >= 4 is 5.91 Å². The molecule has 0 heterocycles. The molecule has 0 spiro atoms. The predicted molar refractivity (Wildman–Crippen MR) is 67.3 cm³/mol. The lowest BCUT2D eigenvalue weighted by Crippen LogP contribution is -2.30. The van der Waals surface area contributed by atoms with Gasteiger partial charge in [-0.3, -0.25) is 4.79 Å². The molecule has 0 saturated heterocycles. The van der Waals surface area contributed by atoms with E-state index in [-0.39, 0.29) is 5.91 Å². The first-order valence-corrected chi connectivity index (χ1v) is 6.69. The van der Waals surface area contributed by atoms with Crippen LogP contribution in [0.4, 0.5) is 0 Å². The lowest BCUT2D eigenvalue weighted by molar-refractivity contribution is -0.120. The van der Waals surface area contributed by atoms with Crippen LogP contribution in [0.1, 0.15) is 46.0 Å². The number of rotatable bonds is 6. The smallest absolute Gasteiger partial charge is 0.221 e. The second kappa shape index (κ2) is 7.66. The monoisotopic (exact) mass is 226 g/mol. The summed E-state index contributed by atoms with van der Waals surface area (Å²) < 4.78 is 0. The van der Waals surface area contributed by atoms with Crippen molar-refractivity contribution in [1.29, 1.82) is 0 Å². The molecule has 0 aliphatic heterocycles. The molecule has 0 bridgehead atoms. The van der Waals surface area contributed by atoms with Crippen molar-refractivity contribution in [3.05, 3.63) is 0 Å². The van der Waals surface area contributed by atoms with Crippen molar-refractivity contribution in [3.8, 4) is 0 Å². The van der Waals surface area contributed by atoms with Crippen LogP contribution in [0.5, 0.6) is 0 Å². The maximum absolute atomic E-state index is 11.2. The first-order valence-electron chi connectivity index (χ1n) is 6.69. The first kappa shape index (κ1) is 13.5. The minimum absolute atomic E-state index is 0.160. The van der Waals surface area contributed by atoms with Gasteiger partial charge in [-0.05, 0) is 38.1 Å². The maximum Gasteiger partial charge on any atom is 0.221 e. The topological polar surface area (TPSA) is 41.1 Å². The fraction of sp³-hybridized carbons (Fsp3) is 0.923. The number of hydrogen-bond donors (Lipinski definition) is 2. The third-order valence-corrected chi connectivity index (χ3v) is 3.47. The van der Waals surface area contributed by atoms with Gasteiger partial charge in [-0.1, -0.05) is 19.8 Å². The van der Waals surface area contributed by atoms with Gasteiger partial charge in [0.05, 0.1) is 0 Å². The average Bonchev–Trinajstić information content (AvgIpc) is 2.27. The largest absolute Gasteiger partial charge is 0.356 e. The summed E-state index contributed by atoms with van der Waals surface area (Å²) in [6.45, 7) is 6.94. The molecule has 0 atom stereocenters. The summed E-state index contributed by atoms with van der Waals surface area (Å²) in [4.78, 5) is 11.2. The lowest BCUT2D eigenvalue weighted by atomic mass is 9.83. The van der Waals surface area contributed by atoms with E-state index < -0.39 is 0 Å². The lowest BCUT2D eigenvalue weighted by Gasteiger charge is -2.26. The summed E-state index contributed by atoms with van der Waals surface area (Å²) in [6, 6.07) is 0. The Balaban J connectivity index is 1.97. The van der Waals surface area contributed by atoms with Crippen LogP contribution >= 0.6 is 0 Å². The number of hydrogen-bond acceptors (Lipinski definition) is 2. The molecule has 0 unspecified atom stereocenters. The Morgan fingerprint density at radius 1 is 1.25 bits per heavy atom. The number of carbonyl (C=O) groups is 1. The fourth-order valence-electron chi connectivity index (χ4n) is 2.33. The predicted octanol–water partition coefficient (Wildman–Crippen LogP) is 1.93. The molecule has 0 aromatic rings. The van der Waals surface area contributed by atoms with Crippen LogP contribution in [0.15, 0.2) is 0 Å². The van der Waals surface area contributed by atoms with Gasteiger partial charge in [0.15, 0.2) is 0 Å². The zero-order chi connectivity index (χ0) is 11.8. The van der Waals surface area contributed by atoms with E-state index in [2.05, 4.69) is 17.6 Å².